The number of hydrogen-bond acceptors (Lipinski definition) is 9. The number of methoxy groups -OCH3 is 2. The number of rotatable bonds is 10. The number of ether oxygens (including phenoxy) is 3. The Balaban J connectivity index is 1.60. The molecule has 0 bridgehead atoms. The average Bonchev–Trinajstić information content (AvgIpc) is 3.52. The fraction of sp³-hybridized carbons (Fsp3) is 0.303. The lowest BCUT2D eigenvalue weighted by Gasteiger charge is -2.31. The summed E-state index contributed by atoms with van der Waals surface area (Å²) in [6.45, 7) is 3.48. The van der Waals surface area contributed by atoms with Crippen molar-refractivity contribution in [1.29, 1.82) is 0 Å². The summed E-state index contributed by atoms with van der Waals surface area (Å²) in [4.78, 5) is 31.8. The van der Waals surface area contributed by atoms with Gasteiger partial charge in [0.2, 0.25) is 6.10 Å². The van der Waals surface area contributed by atoms with Gasteiger partial charge in [0.05, 0.1) is 30.4 Å². The van der Waals surface area contributed by atoms with Gasteiger partial charge in [0.15, 0.2) is 21.3 Å². The Morgan fingerprint density at radius 1 is 1.02 bits per heavy atom. The predicted octanol–water partition coefficient (Wildman–Crippen LogP) is 5.59. The van der Waals surface area contributed by atoms with Crippen LogP contribution in [0.4, 0.5) is 16.3 Å². The highest BCUT2D eigenvalue weighted by Gasteiger charge is 2.39. The summed E-state index contributed by atoms with van der Waals surface area (Å²) in [5, 5.41) is 12.4. The van der Waals surface area contributed by atoms with Crippen LogP contribution in [0.2, 0.25) is 0 Å². The maximum Gasteiger partial charge on any atom is 0.409 e. The van der Waals surface area contributed by atoms with Gasteiger partial charge in [-0.3, -0.25) is 10.1 Å². The molecule has 13 heteroatoms. The Morgan fingerprint density at radius 2 is 1.78 bits per heavy atom. The first-order valence-corrected chi connectivity index (χ1v) is 16.2. The second-order valence-electron chi connectivity index (χ2n) is 11.2. The van der Waals surface area contributed by atoms with Crippen LogP contribution in [0.3, 0.4) is 0 Å². The molecular weight excluding hydrogens is 612 g/mol. The van der Waals surface area contributed by atoms with E-state index >= 15 is 0 Å². The molecule has 2 amide bonds. The van der Waals surface area contributed by atoms with E-state index in [9.17, 15) is 23.1 Å². The highest BCUT2D eigenvalue weighted by molar-refractivity contribution is 7.92. The van der Waals surface area contributed by atoms with Crippen LogP contribution in [-0.2, 0) is 14.6 Å². The molecule has 242 valence electrons. The van der Waals surface area contributed by atoms with Crippen LogP contribution in [0, 0.1) is 0 Å². The van der Waals surface area contributed by atoms with Crippen LogP contribution in [0.5, 0.6) is 17.2 Å². The first-order valence-electron chi connectivity index (χ1n) is 14.7. The van der Waals surface area contributed by atoms with Crippen LogP contribution in [0.25, 0.3) is 10.8 Å². The van der Waals surface area contributed by atoms with E-state index < -0.39 is 39.2 Å². The number of pyridine rings is 1. The Labute approximate surface area is 267 Å². The van der Waals surface area contributed by atoms with Crippen molar-refractivity contribution < 1.29 is 37.3 Å². The number of fused-ring (bicyclic) bond motifs is 1. The number of aromatic nitrogens is 1. The third-order valence-corrected chi connectivity index (χ3v) is 10.3. The minimum absolute atomic E-state index is 0.0486. The third-order valence-electron chi connectivity index (χ3n) is 8.04. The van der Waals surface area contributed by atoms with E-state index in [0.717, 1.165) is 10.8 Å². The van der Waals surface area contributed by atoms with E-state index in [4.69, 9.17) is 19.9 Å². The maximum absolute atomic E-state index is 14.6. The summed E-state index contributed by atoms with van der Waals surface area (Å²) in [5.74, 6) is 1.22. The van der Waals surface area contributed by atoms with Crippen LogP contribution in [-0.4, -0.2) is 61.4 Å². The fourth-order valence-electron chi connectivity index (χ4n) is 5.69. The van der Waals surface area contributed by atoms with E-state index in [2.05, 4.69) is 10.3 Å². The van der Waals surface area contributed by atoms with Gasteiger partial charge in [-0.05, 0) is 92.2 Å². The molecule has 1 saturated heterocycles. The lowest BCUT2D eigenvalue weighted by atomic mass is 10.0. The normalized spacial score (nSPS) is 15.5. The van der Waals surface area contributed by atoms with Gasteiger partial charge in [-0.2, -0.15) is 0 Å². The minimum atomic E-state index is -3.79. The molecule has 2 atom stereocenters. The fourth-order valence-corrected chi connectivity index (χ4v) is 6.98. The average molecular weight is 649 g/mol. The molecule has 3 aromatic carbocycles. The number of amides is 2. The zero-order valence-electron chi connectivity index (χ0n) is 25.9. The van der Waals surface area contributed by atoms with Gasteiger partial charge in [-0.15, -0.1) is 0 Å². The molecule has 4 N–H and O–H groups in total. The van der Waals surface area contributed by atoms with E-state index in [1.54, 1.807) is 67.4 Å². The second kappa shape index (κ2) is 13.1. The summed E-state index contributed by atoms with van der Waals surface area (Å²) in [6, 6.07) is 15.7. The van der Waals surface area contributed by atoms with Crippen molar-refractivity contribution in [3.8, 4) is 17.2 Å². The molecule has 1 aliphatic heterocycles. The van der Waals surface area contributed by atoms with Crippen molar-refractivity contribution in [1.82, 2.24) is 9.88 Å². The molecular formula is C33H36N4O8S. The molecule has 0 spiro atoms. The maximum atomic E-state index is 14.6. The SMILES string of the molecule is COc1ccc([C@H](Oc2ccc3c(N)nccc3c2)C(=O)N2CCC[C@@H]2c2cc(NC(=O)O)ccc2S(=O)(=O)C(C)C)cc1OC. The highest BCUT2D eigenvalue weighted by atomic mass is 32.2. The first-order chi connectivity index (χ1) is 21.9. The zero-order valence-corrected chi connectivity index (χ0v) is 26.7. The lowest BCUT2D eigenvalue weighted by molar-refractivity contribution is -0.140. The molecule has 0 radical (unpaired) electrons. The van der Waals surface area contributed by atoms with Crippen LogP contribution >= 0.6 is 0 Å². The molecule has 0 unspecified atom stereocenters. The standard InChI is InChI=1S/C33H36N4O8S/c1-19(2)46(41,42)29-12-8-22(36-33(39)40)18-25(29)26-6-5-15-37(26)32(38)30(21-7-11-27(43-3)28(17-21)44-4)45-23-9-10-24-20(16-23)13-14-35-31(24)34/h7-14,16-19,26,30,36H,5-6,15H2,1-4H3,(H2,34,35)(H,39,40)/t26-,30+/m1/s1. The molecule has 1 aromatic heterocycles. The number of nitrogens with one attached hydrogen (secondary N) is 1. The van der Waals surface area contributed by atoms with Crippen LogP contribution < -0.4 is 25.3 Å². The van der Waals surface area contributed by atoms with Crippen molar-refractivity contribution in [2.75, 3.05) is 31.8 Å². The van der Waals surface area contributed by atoms with Gasteiger partial charge in [-0.1, -0.05) is 6.07 Å². The number of benzene rings is 3. The second-order valence-corrected chi connectivity index (χ2v) is 13.6. The van der Waals surface area contributed by atoms with Crippen LogP contribution in [0.1, 0.15) is 50.0 Å². The van der Waals surface area contributed by atoms with Crippen molar-refractivity contribution in [2.45, 2.75) is 49.0 Å². The largest absolute Gasteiger partial charge is 0.493 e. The lowest BCUT2D eigenvalue weighted by Crippen LogP contribution is -2.37. The number of hydrogen-bond donors (Lipinski definition) is 3. The van der Waals surface area contributed by atoms with Crippen molar-refractivity contribution in [2.24, 2.45) is 0 Å². The summed E-state index contributed by atoms with van der Waals surface area (Å²) >= 11 is 0. The van der Waals surface area contributed by atoms with Gasteiger partial charge in [0.1, 0.15) is 11.6 Å². The highest BCUT2D eigenvalue weighted by Crippen LogP contribution is 2.41. The quantitative estimate of drug-likeness (QED) is 0.197. The Hall–Kier alpha value is -5.04. The van der Waals surface area contributed by atoms with Crippen molar-refractivity contribution in [3.05, 3.63) is 78.0 Å². The number of carbonyl (C=O) groups excluding carboxylic acids is 1. The number of anilines is 2. The van der Waals surface area contributed by atoms with Gasteiger partial charge in [0.25, 0.3) is 5.91 Å². The smallest absolute Gasteiger partial charge is 0.409 e. The number of likely N-dealkylation sites (tertiary alicyclic amines) is 1. The monoisotopic (exact) mass is 648 g/mol. The summed E-state index contributed by atoms with van der Waals surface area (Å²) < 4.78 is 44.3. The van der Waals surface area contributed by atoms with Crippen molar-refractivity contribution >= 4 is 44.1 Å². The number of sulfone groups is 1. The summed E-state index contributed by atoms with van der Waals surface area (Å²) in [6.07, 6.45) is 0.185. The number of nitrogens with zero attached hydrogens (tertiary/aromatic N) is 2. The van der Waals surface area contributed by atoms with Crippen molar-refractivity contribution in [3.63, 3.8) is 0 Å². The molecule has 5 rings (SSSR count). The van der Waals surface area contributed by atoms with E-state index in [-0.39, 0.29) is 10.6 Å². The predicted molar refractivity (Wildman–Crippen MR) is 173 cm³/mol. The molecule has 0 saturated carbocycles. The summed E-state index contributed by atoms with van der Waals surface area (Å²) in [7, 11) is -0.788. The van der Waals surface area contributed by atoms with Gasteiger partial charge >= 0.3 is 6.09 Å². The van der Waals surface area contributed by atoms with E-state index in [1.165, 1.54) is 32.4 Å². The molecule has 2 heterocycles. The zero-order chi connectivity index (χ0) is 33.2. The Kier molecular flexibility index (Phi) is 9.24. The molecule has 12 nitrogen and oxygen atoms in total. The topological polar surface area (TPSA) is 170 Å². The number of carboxylic acid groups (broad SMARTS) is 1. The molecule has 1 aliphatic rings. The van der Waals surface area contributed by atoms with Crippen LogP contribution in [0.15, 0.2) is 71.8 Å². The molecule has 4 aromatic rings. The molecule has 1 fully saturated rings. The first kappa shape index (κ1) is 32.4. The molecule has 46 heavy (non-hydrogen) atoms. The minimum Gasteiger partial charge on any atom is -0.493 e. The number of nitrogen functional groups attached to an aromatic ring is 1. The number of nitrogens with two attached hydrogens (primary N) is 1. The third kappa shape index (κ3) is 6.36. The van der Waals surface area contributed by atoms with Gasteiger partial charge in [-0.25, -0.2) is 18.2 Å². The molecule has 0 aliphatic carbocycles. The Morgan fingerprint density at radius 3 is 2.48 bits per heavy atom. The Bertz CT molecular complexity index is 1900. The van der Waals surface area contributed by atoms with Gasteiger partial charge < -0.3 is 30.0 Å². The van der Waals surface area contributed by atoms with E-state index in [0.29, 0.717) is 53.6 Å². The summed E-state index contributed by atoms with van der Waals surface area (Å²) in [5.41, 5.74) is 7.06. The van der Waals surface area contributed by atoms with E-state index in [1.807, 2.05) is 0 Å². The number of carbonyl (C=O) groups is 2. The van der Waals surface area contributed by atoms with Gasteiger partial charge in [0, 0.05) is 29.4 Å².